The van der Waals surface area contributed by atoms with Crippen LogP contribution in [0, 0.1) is 18.8 Å². The number of ketones is 1. The van der Waals surface area contributed by atoms with Gasteiger partial charge < -0.3 is 14.4 Å². The number of ether oxygens (including phenoxy) is 2. The summed E-state index contributed by atoms with van der Waals surface area (Å²) in [6.45, 7) is 4.98. The van der Waals surface area contributed by atoms with Crippen LogP contribution in [0.1, 0.15) is 41.3 Å². The molecule has 6 rings (SSSR count). The number of carbonyl (C=O) groups is 3. The highest BCUT2D eigenvalue weighted by atomic mass is 16.5. The molecular formula is C29H30N2O5. The summed E-state index contributed by atoms with van der Waals surface area (Å²) < 4.78 is 11.1. The average molecular weight is 487 g/mol. The van der Waals surface area contributed by atoms with Crippen LogP contribution in [0.15, 0.2) is 48.5 Å². The van der Waals surface area contributed by atoms with Gasteiger partial charge in [0.05, 0.1) is 37.6 Å². The zero-order chi connectivity index (χ0) is 25.1. The number of amides is 2. The second kappa shape index (κ2) is 8.59. The van der Waals surface area contributed by atoms with Crippen LogP contribution in [0.3, 0.4) is 0 Å². The molecule has 4 aliphatic heterocycles. The Balaban J connectivity index is 1.46. The summed E-state index contributed by atoms with van der Waals surface area (Å²) in [5.41, 5.74) is 4.57. The first-order valence-electron chi connectivity index (χ1n) is 12.6. The highest BCUT2D eigenvalue weighted by Crippen LogP contribution is 2.50. The predicted molar refractivity (Wildman–Crippen MR) is 135 cm³/mol. The van der Waals surface area contributed by atoms with Crippen LogP contribution in [0.25, 0.3) is 5.57 Å². The van der Waals surface area contributed by atoms with Crippen molar-refractivity contribution in [1.29, 1.82) is 0 Å². The molecule has 2 aromatic carbocycles. The highest BCUT2D eigenvalue weighted by Gasteiger charge is 2.64. The van der Waals surface area contributed by atoms with Crippen LogP contribution in [0.5, 0.6) is 5.75 Å². The molecule has 4 aliphatic rings. The Morgan fingerprint density at radius 2 is 1.89 bits per heavy atom. The van der Waals surface area contributed by atoms with Gasteiger partial charge in [-0.3, -0.25) is 19.3 Å². The topological polar surface area (TPSA) is 76.1 Å². The fourth-order valence-electron chi connectivity index (χ4n) is 6.44. The van der Waals surface area contributed by atoms with Crippen LogP contribution in [-0.2, 0) is 14.3 Å². The summed E-state index contributed by atoms with van der Waals surface area (Å²) in [6.07, 6.45) is 3.70. The second-order valence-electron chi connectivity index (χ2n) is 10.3. The van der Waals surface area contributed by atoms with E-state index in [1.165, 1.54) is 4.90 Å². The molecule has 0 aromatic heterocycles. The molecule has 3 saturated heterocycles. The molecule has 7 nitrogen and oxygen atoms in total. The van der Waals surface area contributed by atoms with Gasteiger partial charge in [0, 0.05) is 23.4 Å². The van der Waals surface area contributed by atoms with Gasteiger partial charge in [0.15, 0.2) is 5.78 Å². The number of Topliss-reactive ketones (excluding diaryl/α,β-unsaturated/α-hetero) is 1. The largest absolute Gasteiger partial charge is 0.497 e. The fraction of sp³-hybridized carbons (Fsp3) is 0.414. The molecule has 5 atom stereocenters. The molecule has 3 fully saturated rings. The smallest absolute Gasteiger partial charge is 0.235 e. The summed E-state index contributed by atoms with van der Waals surface area (Å²) in [5.74, 6) is -1.43. The number of benzene rings is 2. The second-order valence-corrected chi connectivity index (χ2v) is 10.3. The number of likely N-dealkylation sites (tertiary alicyclic amines) is 1. The molecule has 0 N–H and O–H groups in total. The molecule has 7 heteroatoms. The maximum atomic E-state index is 14.1. The number of fused-ring (bicyclic) bond motifs is 5. The monoisotopic (exact) mass is 486 g/mol. The first kappa shape index (κ1) is 23.0. The van der Waals surface area contributed by atoms with Crippen molar-refractivity contribution in [2.24, 2.45) is 11.8 Å². The standard InChI is InChI=1S/C29H30N2O5/c1-16-9-10-22-21(12-16)17(2)13-23-24-25(29(34)30(28(24)33)15-20-8-5-11-36-20)26(31(22)23)27(32)18-6-4-7-19(14-18)35-3/h4,6-7,9-10,12-14,20,23-26H,5,8,11,15H2,1-3H3/t20-,23-,24+,25-,26-/m0/s1. The van der Waals surface area contributed by atoms with E-state index in [4.69, 9.17) is 9.47 Å². The Labute approximate surface area is 210 Å². The molecule has 0 bridgehead atoms. The molecule has 4 heterocycles. The van der Waals surface area contributed by atoms with Gasteiger partial charge in [0.2, 0.25) is 11.8 Å². The van der Waals surface area contributed by atoms with Crippen LogP contribution in [-0.4, -0.2) is 60.9 Å². The van der Waals surface area contributed by atoms with Gasteiger partial charge in [-0.05, 0) is 56.5 Å². The number of imide groups is 1. The highest BCUT2D eigenvalue weighted by molar-refractivity contribution is 6.14. The van der Waals surface area contributed by atoms with E-state index in [2.05, 4.69) is 12.1 Å². The molecule has 0 spiro atoms. The minimum atomic E-state index is -0.788. The van der Waals surface area contributed by atoms with E-state index in [0.717, 1.165) is 35.2 Å². The predicted octanol–water partition coefficient (Wildman–Crippen LogP) is 3.64. The van der Waals surface area contributed by atoms with Crippen molar-refractivity contribution in [3.05, 3.63) is 65.2 Å². The Hall–Kier alpha value is -3.45. The summed E-state index contributed by atoms with van der Waals surface area (Å²) in [6, 6.07) is 12.0. The van der Waals surface area contributed by atoms with E-state index >= 15 is 0 Å². The maximum Gasteiger partial charge on any atom is 0.235 e. The maximum absolute atomic E-state index is 14.1. The summed E-state index contributed by atoms with van der Waals surface area (Å²) in [5, 5.41) is 0. The average Bonchev–Trinajstić information content (AvgIpc) is 3.57. The van der Waals surface area contributed by atoms with E-state index < -0.39 is 17.9 Å². The summed E-state index contributed by atoms with van der Waals surface area (Å²) in [7, 11) is 1.56. The lowest BCUT2D eigenvalue weighted by molar-refractivity contribution is -0.142. The van der Waals surface area contributed by atoms with Crippen LogP contribution < -0.4 is 9.64 Å². The molecule has 2 aromatic rings. The number of allylic oxidation sites excluding steroid dienone is 1. The SMILES string of the molecule is COc1cccc(C(=O)[C@@H]2[C@H]3C(=O)N(C[C@@H]4CCCO4)C(=O)[C@@H]3[C@@H]3C=C(C)c4cc(C)ccc4N23)c1. The lowest BCUT2D eigenvalue weighted by Gasteiger charge is -2.38. The first-order chi connectivity index (χ1) is 17.4. The quantitative estimate of drug-likeness (QED) is 0.475. The number of aryl methyl sites for hydroxylation is 1. The minimum Gasteiger partial charge on any atom is -0.497 e. The van der Waals surface area contributed by atoms with Crippen LogP contribution in [0.4, 0.5) is 5.69 Å². The normalized spacial score (nSPS) is 28.6. The van der Waals surface area contributed by atoms with Gasteiger partial charge in [-0.25, -0.2) is 0 Å². The third-order valence-corrected chi connectivity index (χ3v) is 8.13. The molecule has 36 heavy (non-hydrogen) atoms. The molecule has 186 valence electrons. The van der Waals surface area contributed by atoms with E-state index in [1.54, 1.807) is 31.4 Å². The lowest BCUT2D eigenvalue weighted by atomic mass is 9.85. The number of carbonyl (C=O) groups excluding carboxylic acids is 3. The van der Waals surface area contributed by atoms with Crippen molar-refractivity contribution < 1.29 is 23.9 Å². The Kier molecular flexibility index (Phi) is 5.48. The zero-order valence-corrected chi connectivity index (χ0v) is 20.8. The molecule has 0 aliphatic carbocycles. The number of hydrogen-bond acceptors (Lipinski definition) is 6. The third kappa shape index (κ3) is 3.40. The number of methoxy groups -OCH3 is 1. The van der Waals surface area contributed by atoms with Gasteiger partial charge in [-0.2, -0.15) is 0 Å². The number of hydrogen-bond donors (Lipinski definition) is 0. The van der Waals surface area contributed by atoms with Gasteiger partial charge in [0.1, 0.15) is 11.8 Å². The van der Waals surface area contributed by atoms with E-state index in [1.807, 2.05) is 30.9 Å². The Bertz CT molecular complexity index is 1290. The summed E-state index contributed by atoms with van der Waals surface area (Å²) in [4.78, 5) is 45.2. The van der Waals surface area contributed by atoms with Crippen molar-refractivity contribution in [2.45, 2.75) is 44.9 Å². The van der Waals surface area contributed by atoms with Crippen molar-refractivity contribution in [2.75, 3.05) is 25.2 Å². The lowest BCUT2D eigenvalue weighted by Crippen LogP contribution is -2.50. The summed E-state index contributed by atoms with van der Waals surface area (Å²) >= 11 is 0. The molecule has 0 radical (unpaired) electrons. The molecule has 0 unspecified atom stereocenters. The van der Waals surface area contributed by atoms with Crippen LogP contribution in [0.2, 0.25) is 0 Å². The number of nitrogens with zero attached hydrogens (tertiary/aromatic N) is 2. The minimum absolute atomic E-state index is 0.132. The van der Waals surface area contributed by atoms with E-state index in [9.17, 15) is 14.4 Å². The van der Waals surface area contributed by atoms with Gasteiger partial charge in [-0.15, -0.1) is 0 Å². The van der Waals surface area contributed by atoms with Crippen molar-refractivity contribution in [3.8, 4) is 5.75 Å². The number of rotatable bonds is 5. The molecule has 0 saturated carbocycles. The van der Waals surface area contributed by atoms with Gasteiger partial charge >= 0.3 is 0 Å². The zero-order valence-electron chi connectivity index (χ0n) is 20.8. The van der Waals surface area contributed by atoms with Gasteiger partial charge in [-0.1, -0.05) is 29.8 Å². The Morgan fingerprint density at radius 3 is 2.64 bits per heavy atom. The van der Waals surface area contributed by atoms with E-state index in [-0.39, 0.29) is 36.3 Å². The van der Waals surface area contributed by atoms with E-state index in [0.29, 0.717) is 17.9 Å². The fourth-order valence-corrected chi connectivity index (χ4v) is 6.44. The first-order valence-corrected chi connectivity index (χ1v) is 12.6. The third-order valence-electron chi connectivity index (χ3n) is 8.13. The van der Waals surface area contributed by atoms with Crippen molar-refractivity contribution in [3.63, 3.8) is 0 Å². The van der Waals surface area contributed by atoms with Crippen molar-refractivity contribution >= 4 is 28.9 Å². The molecule has 2 amide bonds. The Morgan fingerprint density at radius 1 is 1.08 bits per heavy atom. The van der Waals surface area contributed by atoms with Crippen LogP contribution >= 0.6 is 0 Å². The molecular weight excluding hydrogens is 456 g/mol. The number of anilines is 1. The van der Waals surface area contributed by atoms with Gasteiger partial charge in [0.25, 0.3) is 0 Å². The van der Waals surface area contributed by atoms with Crippen molar-refractivity contribution in [1.82, 2.24) is 4.90 Å².